The van der Waals surface area contributed by atoms with Gasteiger partial charge in [0.2, 0.25) is 0 Å². The van der Waals surface area contributed by atoms with Gasteiger partial charge in [-0.3, -0.25) is 0 Å². The smallest absolute Gasteiger partial charge is 0.128 e. The maximum atomic E-state index is 14.1. The highest BCUT2D eigenvalue weighted by Gasteiger charge is 2.20. The van der Waals surface area contributed by atoms with Crippen molar-refractivity contribution in [2.45, 2.75) is 57.9 Å². The fourth-order valence-electron chi connectivity index (χ4n) is 2.94. The monoisotopic (exact) mass is 293 g/mol. The Morgan fingerprint density at radius 3 is 2.76 bits per heavy atom. The largest absolute Gasteiger partial charge is 0.306 e. The Bertz CT molecular complexity index is 482. The summed E-state index contributed by atoms with van der Waals surface area (Å²) in [6, 6.07) is 3.55. The van der Waals surface area contributed by atoms with Gasteiger partial charge in [0.25, 0.3) is 0 Å². The predicted octanol–water partition coefficient (Wildman–Crippen LogP) is 5.29. The van der Waals surface area contributed by atoms with Crippen LogP contribution >= 0.6 is 0 Å². The molecule has 1 nitrogen and oxygen atoms in total. The molecule has 0 aliphatic heterocycles. The van der Waals surface area contributed by atoms with Gasteiger partial charge in [0.1, 0.15) is 11.6 Å². The van der Waals surface area contributed by atoms with Crippen LogP contribution in [0.4, 0.5) is 8.78 Å². The van der Waals surface area contributed by atoms with Gasteiger partial charge in [0.15, 0.2) is 0 Å². The van der Waals surface area contributed by atoms with Crippen molar-refractivity contribution >= 4 is 0 Å². The molecule has 116 valence electrons. The number of benzene rings is 1. The number of allylic oxidation sites excluding steroid dienone is 1. The first-order valence-corrected chi connectivity index (χ1v) is 8.09. The Morgan fingerprint density at radius 2 is 1.95 bits per heavy atom. The SMILES string of the molecule is CCCNC(/C1=C/CCCCCC1)c1cc(F)ccc1F. The Morgan fingerprint density at radius 1 is 1.14 bits per heavy atom. The normalized spacial score (nSPS) is 20.2. The average Bonchev–Trinajstić information content (AvgIpc) is 2.44. The van der Waals surface area contributed by atoms with Crippen molar-refractivity contribution in [3.8, 4) is 0 Å². The molecule has 1 aliphatic carbocycles. The van der Waals surface area contributed by atoms with Crippen molar-refractivity contribution in [1.29, 1.82) is 0 Å². The van der Waals surface area contributed by atoms with E-state index in [4.69, 9.17) is 0 Å². The van der Waals surface area contributed by atoms with Crippen LogP contribution in [0.3, 0.4) is 0 Å². The number of hydrogen-bond donors (Lipinski definition) is 1. The van der Waals surface area contributed by atoms with E-state index in [1.807, 2.05) is 0 Å². The van der Waals surface area contributed by atoms with Crippen LogP contribution in [0.5, 0.6) is 0 Å². The van der Waals surface area contributed by atoms with Crippen molar-refractivity contribution in [1.82, 2.24) is 5.32 Å². The summed E-state index contributed by atoms with van der Waals surface area (Å²) in [7, 11) is 0. The zero-order valence-corrected chi connectivity index (χ0v) is 12.8. The summed E-state index contributed by atoms with van der Waals surface area (Å²) < 4.78 is 27.7. The van der Waals surface area contributed by atoms with Crippen molar-refractivity contribution < 1.29 is 8.78 Å². The zero-order valence-electron chi connectivity index (χ0n) is 12.8. The molecule has 0 spiro atoms. The lowest BCUT2D eigenvalue weighted by atomic mass is 9.90. The lowest BCUT2D eigenvalue weighted by Crippen LogP contribution is -2.25. The molecule has 0 heterocycles. The molecule has 0 saturated heterocycles. The summed E-state index contributed by atoms with van der Waals surface area (Å²) in [6.45, 7) is 2.89. The van der Waals surface area contributed by atoms with Crippen LogP contribution in [-0.4, -0.2) is 6.54 Å². The molecule has 0 radical (unpaired) electrons. The Balaban J connectivity index is 2.29. The van der Waals surface area contributed by atoms with Gasteiger partial charge in [-0.05, 0) is 56.8 Å². The fraction of sp³-hybridized carbons (Fsp3) is 0.556. The van der Waals surface area contributed by atoms with Crippen LogP contribution in [0.1, 0.15) is 63.5 Å². The lowest BCUT2D eigenvalue weighted by molar-refractivity contribution is 0.507. The molecular weight excluding hydrogens is 268 g/mol. The number of hydrogen-bond acceptors (Lipinski definition) is 1. The van der Waals surface area contributed by atoms with E-state index >= 15 is 0 Å². The summed E-state index contributed by atoms with van der Waals surface area (Å²) in [5.74, 6) is -0.700. The molecule has 2 rings (SSSR count). The molecule has 0 aromatic heterocycles. The third kappa shape index (κ3) is 4.63. The second-order valence-corrected chi connectivity index (χ2v) is 5.78. The van der Waals surface area contributed by atoms with Gasteiger partial charge < -0.3 is 5.32 Å². The summed E-state index contributed by atoms with van der Waals surface area (Å²) in [5, 5.41) is 3.40. The van der Waals surface area contributed by atoms with E-state index in [0.717, 1.165) is 32.2 Å². The Hall–Kier alpha value is -1.22. The van der Waals surface area contributed by atoms with Crippen molar-refractivity contribution in [3.05, 3.63) is 47.0 Å². The van der Waals surface area contributed by atoms with Crippen LogP contribution < -0.4 is 5.32 Å². The molecule has 21 heavy (non-hydrogen) atoms. The molecular formula is C18H25F2N. The van der Waals surface area contributed by atoms with E-state index in [1.54, 1.807) is 0 Å². The van der Waals surface area contributed by atoms with Gasteiger partial charge in [0, 0.05) is 5.56 Å². The van der Waals surface area contributed by atoms with Crippen molar-refractivity contribution in [2.24, 2.45) is 0 Å². The quantitative estimate of drug-likeness (QED) is 0.728. The molecule has 0 saturated carbocycles. The zero-order chi connectivity index (χ0) is 15.1. The predicted molar refractivity (Wildman–Crippen MR) is 83.2 cm³/mol. The summed E-state index contributed by atoms with van der Waals surface area (Å²) in [5.41, 5.74) is 1.66. The second-order valence-electron chi connectivity index (χ2n) is 5.78. The minimum Gasteiger partial charge on any atom is -0.306 e. The van der Waals surface area contributed by atoms with E-state index < -0.39 is 0 Å². The lowest BCUT2D eigenvalue weighted by Gasteiger charge is -2.24. The first kappa shape index (κ1) is 16.2. The van der Waals surface area contributed by atoms with Crippen LogP contribution in [0.25, 0.3) is 0 Å². The third-order valence-corrected chi connectivity index (χ3v) is 4.06. The Labute approximate surface area is 126 Å². The summed E-state index contributed by atoms with van der Waals surface area (Å²) >= 11 is 0. The minimum atomic E-state index is -0.374. The maximum absolute atomic E-state index is 14.1. The fourth-order valence-corrected chi connectivity index (χ4v) is 2.94. The molecule has 1 atom stereocenters. The third-order valence-electron chi connectivity index (χ3n) is 4.06. The standard InChI is InChI=1S/C18H25F2N/c1-2-12-21-18(14-8-6-4-3-5-7-9-14)16-13-15(19)10-11-17(16)20/h8,10-11,13,18,21H,2-7,9,12H2,1H3/b14-8+. The highest BCUT2D eigenvalue weighted by Crippen LogP contribution is 2.30. The molecule has 1 aromatic carbocycles. The Kier molecular flexibility index (Phi) is 6.37. The topological polar surface area (TPSA) is 12.0 Å². The highest BCUT2D eigenvalue weighted by molar-refractivity contribution is 5.30. The van der Waals surface area contributed by atoms with Crippen LogP contribution in [0.15, 0.2) is 29.8 Å². The summed E-state index contributed by atoms with van der Waals surface area (Å²) in [4.78, 5) is 0. The van der Waals surface area contributed by atoms with Gasteiger partial charge >= 0.3 is 0 Å². The van der Waals surface area contributed by atoms with Crippen LogP contribution in [-0.2, 0) is 0 Å². The van der Waals surface area contributed by atoms with Gasteiger partial charge in [-0.2, -0.15) is 0 Å². The molecule has 0 amide bonds. The first-order valence-electron chi connectivity index (χ1n) is 8.09. The molecule has 1 N–H and O–H groups in total. The van der Waals surface area contributed by atoms with E-state index in [1.165, 1.54) is 43.0 Å². The molecule has 3 heteroatoms. The molecule has 0 fully saturated rings. The second kappa shape index (κ2) is 8.28. The number of halogens is 2. The van der Waals surface area contributed by atoms with Gasteiger partial charge in [-0.15, -0.1) is 0 Å². The highest BCUT2D eigenvalue weighted by atomic mass is 19.1. The van der Waals surface area contributed by atoms with E-state index in [9.17, 15) is 8.78 Å². The number of nitrogens with one attached hydrogen (secondary N) is 1. The maximum Gasteiger partial charge on any atom is 0.128 e. The van der Waals surface area contributed by atoms with E-state index in [-0.39, 0.29) is 17.7 Å². The van der Waals surface area contributed by atoms with Crippen LogP contribution in [0.2, 0.25) is 0 Å². The summed E-state index contributed by atoms with van der Waals surface area (Å²) in [6.07, 6.45) is 10.0. The number of rotatable bonds is 5. The molecule has 0 bridgehead atoms. The van der Waals surface area contributed by atoms with E-state index in [0.29, 0.717) is 5.56 Å². The first-order chi connectivity index (χ1) is 10.2. The van der Waals surface area contributed by atoms with Crippen molar-refractivity contribution in [2.75, 3.05) is 6.54 Å². The van der Waals surface area contributed by atoms with Gasteiger partial charge in [-0.25, -0.2) is 8.78 Å². The molecule has 1 aliphatic rings. The molecule has 1 unspecified atom stereocenters. The van der Waals surface area contributed by atoms with Gasteiger partial charge in [0.05, 0.1) is 6.04 Å². The average molecular weight is 293 g/mol. The van der Waals surface area contributed by atoms with Crippen molar-refractivity contribution in [3.63, 3.8) is 0 Å². The van der Waals surface area contributed by atoms with E-state index in [2.05, 4.69) is 18.3 Å². The van der Waals surface area contributed by atoms with Crippen LogP contribution in [0, 0.1) is 11.6 Å². The molecule has 1 aromatic rings. The van der Waals surface area contributed by atoms with Gasteiger partial charge in [-0.1, -0.05) is 31.4 Å². The minimum absolute atomic E-state index is 0.196.